The number of halogens is 1. The van der Waals surface area contributed by atoms with Crippen LogP contribution in [-0.2, 0) is 0 Å². The van der Waals surface area contributed by atoms with Crippen molar-refractivity contribution in [1.82, 2.24) is 10.2 Å². The Morgan fingerprint density at radius 2 is 1.74 bits per heavy atom. The lowest BCUT2D eigenvalue weighted by Crippen LogP contribution is -2.31. The summed E-state index contributed by atoms with van der Waals surface area (Å²) in [5.74, 6) is -0.586. The number of amides is 2. The summed E-state index contributed by atoms with van der Waals surface area (Å²) in [4.78, 5) is 25.9. The third kappa shape index (κ3) is 4.01. The average molecular weight is 370 g/mol. The van der Waals surface area contributed by atoms with E-state index in [4.69, 9.17) is 4.74 Å². The fraction of sp³-hybridized carbons (Fsp3) is 0.333. The Hall–Kier alpha value is -2.73. The van der Waals surface area contributed by atoms with Gasteiger partial charge in [-0.1, -0.05) is 18.2 Å². The maximum absolute atomic E-state index is 13.8. The van der Waals surface area contributed by atoms with Gasteiger partial charge in [-0.2, -0.15) is 0 Å². The molecule has 5 nitrogen and oxygen atoms in total. The largest absolute Gasteiger partial charge is 0.494 e. The first-order valence-corrected chi connectivity index (χ1v) is 9.05. The minimum absolute atomic E-state index is 0.00953. The smallest absolute Gasteiger partial charge is 0.261 e. The van der Waals surface area contributed by atoms with Crippen molar-refractivity contribution in [2.24, 2.45) is 0 Å². The lowest BCUT2D eigenvalue weighted by atomic mass is 10.1. The first kappa shape index (κ1) is 19.0. The van der Waals surface area contributed by atoms with Crippen LogP contribution < -0.4 is 10.1 Å². The van der Waals surface area contributed by atoms with Gasteiger partial charge in [-0.05, 0) is 56.1 Å². The highest BCUT2D eigenvalue weighted by atomic mass is 19.1. The van der Waals surface area contributed by atoms with Gasteiger partial charge in [0.2, 0.25) is 0 Å². The van der Waals surface area contributed by atoms with Gasteiger partial charge in [-0.15, -0.1) is 0 Å². The van der Waals surface area contributed by atoms with E-state index in [2.05, 4.69) is 5.32 Å². The number of hydrogen-bond donors (Lipinski definition) is 1. The van der Waals surface area contributed by atoms with Gasteiger partial charge in [0.1, 0.15) is 0 Å². The molecule has 1 atom stereocenters. The highest BCUT2D eigenvalue weighted by Crippen LogP contribution is 2.23. The Balaban J connectivity index is 1.44. The van der Waals surface area contributed by atoms with Gasteiger partial charge in [0.15, 0.2) is 11.6 Å². The van der Waals surface area contributed by atoms with Crippen molar-refractivity contribution in [2.45, 2.75) is 25.8 Å². The number of imide groups is 1. The van der Waals surface area contributed by atoms with Gasteiger partial charge in [-0.3, -0.25) is 14.5 Å². The molecule has 0 aliphatic carbocycles. The molecule has 1 N–H and O–H groups in total. The lowest BCUT2D eigenvalue weighted by Gasteiger charge is -2.16. The average Bonchev–Trinajstić information content (AvgIpc) is 2.92. The van der Waals surface area contributed by atoms with E-state index >= 15 is 0 Å². The zero-order valence-corrected chi connectivity index (χ0v) is 15.5. The number of hydrogen-bond acceptors (Lipinski definition) is 4. The predicted octanol–water partition coefficient (Wildman–Crippen LogP) is 3.56. The standard InChI is InChI=1S/C21H23FN2O3/c1-14(15-9-10-19(27-2)18(22)13-15)23-11-5-6-12-24-20(25)16-7-3-4-8-17(16)21(24)26/h3-4,7-10,13-14,23H,5-6,11-12H2,1-2H3. The molecular weight excluding hydrogens is 347 g/mol. The molecule has 0 aromatic heterocycles. The number of benzene rings is 2. The van der Waals surface area contributed by atoms with Crippen molar-refractivity contribution in [3.05, 3.63) is 65.0 Å². The first-order chi connectivity index (χ1) is 13.0. The van der Waals surface area contributed by atoms with Gasteiger partial charge < -0.3 is 10.1 Å². The summed E-state index contributed by atoms with van der Waals surface area (Å²) in [6.45, 7) is 3.07. The number of carbonyl (C=O) groups excluding carboxylic acids is 2. The van der Waals surface area contributed by atoms with Crippen LogP contribution in [0.2, 0.25) is 0 Å². The zero-order chi connectivity index (χ0) is 19.4. The Labute approximate surface area is 158 Å². The van der Waals surface area contributed by atoms with Gasteiger partial charge in [-0.25, -0.2) is 4.39 Å². The summed E-state index contributed by atoms with van der Waals surface area (Å²) in [5, 5.41) is 3.33. The van der Waals surface area contributed by atoms with E-state index in [1.807, 2.05) is 13.0 Å². The highest BCUT2D eigenvalue weighted by molar-refractivity contribution is 6.21. The number of carbonyl (C=O) groups is 2. The number of unbranched alkanes of at least 4 members (excludes halogenated alkanes) is 1. The van der Waals surface area contributed by atoms with E-state index in [9.17, 15) is 14.0 Å². The fourth-order valence-corrected chi connectivity index (χ4v) is 3.23. The molecule has 142 valence electrons. The third-order valence-corrected chi connectivity index (χ3v) is 4.81. The SMILES string of the molecule is COc1ccc(C(C)NCCCCN2C(=O)c3ccccc3C2=O)cc1F. The molecule has 6 heteroatoms. The molecule has 2 amide bonds. The number of rotatable bonds is 8. The minimum atomic E-state index is -0.380. The fourth-order valence-electron chi connectivity index (χ4n) is 3.23. The van der Waals surface area contributed by atoms with Crippen LogP contribution >= 0.6 is 0 Å². The van der Waals surface area contributed by atoms with Crippen molar-refractivity contribution >= 4 is 11.8 Å². The van der Waals surface area contributed by atoms with E-state index in [0.29, 0.717) is 30.6 Å². The van der Waals surface area contributed by atoms with Crippen molar-refractivity contribution in [3.8, 4) is 5.75 Å². The Morgan fingerprint density at radius 3 is 2.33 bits per heavy atom. The Bertz CT molecular complexity index is 818. The number of nitrogens with one attached hydrogen (secondary N) is 1. The molecule has 1 aliphatic rings. The van der Waals surface area contributed by atoms with E-state index in [0.717, 1.165) is 12.0 Å². The maximum Gasteiger partial charge on any atom is 0.261 e. The molecule has 0 saturated carbocycles. The van der Waals surface area contributed by atoms with E-state index in [1.54, 1.807) is 30.3 Å². The van der Waals surface area contributed by atoms with E-state index in [-0.39, 0.29) is 29.4 Å². The van der Waals surface area contributed by atoms with Gasteiger partial charge in [0, 0.05) is 12.6 Å². The molecule has 1 heterocycles. The van der Waals surface area contributed by atoms with E-state index in [1.165, 1.54) is 18.1 Å². The molecule has 2 aromatic carbocycles. The molecule has 3 rings (SSSR count). The van der Waals surface area contributed by atoms with Crippen LogP contribution in [0.25, 0.3) is 0 Å². The summed E-state index contributed by atoms with van der Waals surface area (Å²) in [6, 6.07) is 11.8. The van der Waals surface area contributed by atoms with Crippen LogP contribution in [0.4, 0.5) is 4.39 Å². The van der Waals surface area contributed by atoms with Crippen molar-refractivity contribution in [3.63, 3.8) is 0 Å². The third-order valence-electron chi connectivity index (χ3n) is 4.81. The van der Waals surface area contributed by atoms with Crippen LogP contribution in [0.3, 0.4) is 0 Å². The van der Waals surface area contributed by atoms with Crippen LogP contribution in [-0.4, -0.2) is 36.9 Å². The quantitative estimate of drug-likeness (QED) is 0.570. The van der Waals surface area contributed by atoms with E-state index < -0.39 is 0 Å². The molecule has 0 bridgehead atoms. The van der Waals surface area contributed by atoms with Gasteiger partial charge in [0.25, 0.3) is 11.8 Å². The molecule has 0 radical (unpaired) electrons. The van der Waals surface area contributed by atoms with Crippen LogP contribution in [0.1, 0.15) is 52.1 Å². The van der Waals surface area contributed by atoms with Crippen LogP contribution in [0, 0.1) is 5.82 Å². The second kappa shape index (κ2) is 8.31. The summed E-state index contributed by atoms with van der Waals surface area (Å²) in [6.07, 6.45) is 1.51. The number of ether oxygens (including phenoxy) is 1. The molecule has 1 unspecified atom stereocenters. The molecule has 27 heavy (non-hydrogen) atoms. The molecule has 2 aromatic rings. The van der Waals surface area contributed by atoms with Crippen molar-refractivity contribution in [2.75, 3.05) is 20.2 Å². The zero-order valence-electron chi connectivity index (χ0n) is 15.5. The topological polar surface area (TPSA) is 58.6 Å². The second-order valence-corrected chi connectivity index (χ2v) is 6.58. The highest BCUT2D eigenvalue weighted by Gasteiger charge is 2.34. The Morgan fingerprint density at radius 1 is 1.07 bits per heavy atom. The molecule has 1 aliphatic heterocycles. The number of fused-ring (bicyclic) bond motifs is 1. The molecule has 0 fully saturated rings. The minimum Gasteiger partial charge on any atom is -0.494 e. The summed E-state index contributed by atoms with van der Waals surface area (Å²) >= 11 is 0. The lowest BCUT2D eigenvalue weighted by molar-refractivity contribution is 0.0651. The van der Waals surface area contributed by atoms with Gasteiger partial charge in [0.05, 0.1) is 18.2 Å². The van der Waals surface area contributed by atoms with Crippen molar-refractivity contribution < 1.29 is 18.7 Å². The second-order valence-electron chi connectivity index (χ2n) is 6.58. The molecule has 0 saturated heterocycles. The normalized spacial score (nSPS) is 14.4. The number of nitrogens with zero attached hydrogens (tertiary/aromatic N) is 1. The summed E-state index contributed by atoms with van der Waals surface area (Å²) in [5.41, 5.74) is 1.81. The summed E-state index contributed by atoms with van der Waals surface area (Å²) < 4.78 is 18.7. The summed E-state index contributed by atoms with van der Waals surface area (Å²) in [7, 11) is 1.44. The van der Waals surface area contributed by atoms with Gasteiger partial charge >= 0.3 is 0 Å². The van der Waals surface area contributed by atoms with Crippen LogP contribution in [0.15, 0.2) is 42.5 Å². The number of methoxy groups -OCH3 is 1. The first-order valence-electron chi connectivity index (χ1n) is 9.05. The molecule has 0 spiro atoms. The Kier molecular flexibility index (Phi) is 5.86. The molecular formula is C21H23FN2O3. The predicted molar refractivity (Wildman–Crippen MR) is 100 cm³/mol. The maximum atomic E-state index is 13.8. The van der Waals surface area contributed by atoms with Crippen LogP contribution in [0.5, 0.6) is 5.75 Å². The monoisotopic (exact) mass is 370 g/mol. The van der Waals surface area contributed by atoms with Crippen molar-refractivity contribution in [1.29, 1.82) is 0 Å².